The summed E-state index contributed by atoms with van der Waals surface area (Å²) in [6, 6.07) is 17.1. The molecule has 3 aromatic rings. The molecule has 0 bridgehead atoms. The van der Waals surface area contributed by atoms with Crippen LogP contribution in [0.5, 0.6) is 0 Å². The summed E-state index contributed by atoms with van der Waals surface area (Å²) in [6.07, 6.45) is 5.70. The molecule has 1 fully saturated rings. The topological polar surface area (TPSA) is 77.5 Å². The van der Waals surface area contributed by atoms with Crippen LogP contribution < -0.4 is 15.5 Å². The van der Waals surface area contributed by atoms with E-state index in [0.717, 1.165) is 18.2 Å². The van der Waals surface area contributed by atoms with E-state index in [9.17, 15) is 9.90 Å². The summed E-state index contributed by atoms with van der Waals surface area (Å²) < 4.78 is 0. The summed E-state index contributed by atoms with van der Waals surface area (Å²) in [6.45, 7) is 1.39. The maximum atomic E-state index is 11.4. The number of carboxylic acid groups (broad SMARTS) is 1. The number of hydrogen-bond acceptors (Lipinski definition) is 5. The van der Waals surface area contributed by atoms with Gasteiger partial charge < -0.3 is 20.6 Å². The van der Waals surface area contributed by atoms with Crippen LogP contribution in [0.3, 0.4) is 0 Å². The highest BCUT2D eigenvalue weighted by atomic mass is 16.4. The number of anilines is 3. The molecule has 1 aromatic heterocycles. The molecule has 6 nitrogen and oxygen atoms in total. The van der Waals surface area contributed by atoms with E-state index in [0.29, 0.717) is 12.2 Å². The molecule has 1 aliphatic heterocycles. The molecule has 158 valence electrons. The van der Waals surface area contributed by atoms with Gasteiger partial charge in [0, 0.05) is 37.7 Å². The van der Waals surface area contributed by atoms with Gasteiger partial charge in [0.2, 0.25) is 0 Å². The van der Waals surface area contributed by atoms with Crippen LogP contribution in [-0.2, 0) is 6.54 Å². The number of carbonyl (C=O) groups is 1. The van der Waals surface area contributed by atoms with Crippen molar-refractivity contribution in [2.45, 2.75) is 31.3 Å². The normalized spacial score (nSPS) is 17.3. The van der Waals surface area contributed by atoms with E-state index in [-0.39, 0.29) is 11.6 Å². The zero-order valence-electron chi connectivity index (χ0n) is 17.5. The van der Waals surface area contributed by atoms with Crippen molar-refractivity contribution in [2.24, 2.45) is 0 Å². The van der Waals surface area contributed by atoms with Gasteiger partial charge in [-0.1, -0.05) is 18.2 Å². The van der Waals surface area contributed by atoms with Crippen molar-refractivity contribution in [2.75, 3.05) is 23.8 Å². The van der Waals surface area contributed by atoms with Crippen LogP contribution in [0.2, 0.25) is 0 Å². The minimum Gasteiger partial charge on any atom is -0.478 e. The Kier molecular flexibility index (Phi) is 5.08. The molecule has 2 heterocycles. The molecular weight excluding hydrogens is 388 g/mol. The summed E-state index contributed by atoms with van der Waals surface area (Å²) in [5.41, 5.74) is 7.09. The van der Waals surface area contributed by atoms with E-state index in [4.69, 9.17) is 0 Å². The van der Waals surface area contributed by atoms with Crippen molar-refractivity contribution in [3.63, 3.8) is 0 Å². The molecule has 6 heteroatoms. The fourth-order valence-electron chi connectivity index (χ4n) is 4.29. The van der Waals surface area contributed by atoms with E-state index in [2.05, 4.69) is 70.0 Å². The maximum Gasteiger partial charge on any atom is 0.337 e. The Hall–Kier alpha value is -3.38. The Morgan fingerprint density at radius 3 is 2.68 bits per heavy atom. The number of pyridine rings is 1. The molecule has 0 spiro atoms. The lowest BCUT2D eigenvalue weighted by molar-refractivity contribution is 0.0698. The number of rotatable bonds is 7. The Balaban J connectivity index is 1.29. The standard InChI is InChI=1S/C25H26N4O2/c1-29(19-6-4-17(5-7-19)16-2-3-16)20-8-9-21-18(12-20)13-27-24(21)15-28-23-14-26-11-10-22(23)25(30)31/h4-12,14,16,24,27-28H,2-3,13,15H2,1H3,(H,30,31)/t24-/m0/s1. The number of fused-ring (bicyclic) bond motifs is 1. The molecule has 5 rings (SSSR count). The van der Waals surface area contributed by atoms with Crippen molar-refractivity contribution in [1.82, 2.24) is 10.3 Å². The lowest BCUT2D eigenvalue weighted by atomic mass is 10.0. The van der Waals surface area contributed by atoms with Gasteiger partial charge in [0.15, 0.2) is 0 Å². The van der Waals surface area contributed by atoms with Crippen LogP contribution >= 0.6 is 0 Å². The SMILES string of the molecule is CN(c1ccc(C2CC2)cc1)c1ccc2c(c1)CN[C@H]2CNc1cnccc1C(=O)O. The zero-order chi connectivity index (χ0) is 21.4. The first-order valence-corrected chi connectivity index (χ1v) is 10.7. The first-order valence-electron chi connectivity index (χ1n) is 10.7. The second-order valence-corrected chi connectivity index (χ2v) is 8.35. The Labute approximate surface area is 181 Å². The highest BCUT2D eigenvalue weighted by Gasteiger charge is 2.24. The van der Waals surface area contributed by atoms with Crippen LogP contribution in [0.25, 0.3) is 0 Å². The second-order valence-electron chi connectivity index (χ2n) is 8.35. The van der Waals surface area contributed by atoms with E-state index in [1.807, 2.05) is 0 Å². The van der Waals surface area contributed by atoms with Crippen LogP contribution in [0.4, 0.5) is 17.1 Å². The number of carboxylic acids is 1. The molecule has 0 unspecified atom stereocenters. The summed E-state index contributed by atoms with van der Waals surface area (Å²) in [5.74, 6) is -0.184. The molecule has 1 saturated carbocycles. The van der Waals surface area contributed by atoms with E-state index in [1.165, 1.54) is 47.5 Å². The summed E-state index contributed by atoms with van der Waals surface area (Å²) >= 11 is 0. The highest BCUT2D eigenvalue weighted by molar-refractivity contribution is 5.93. The third kappa shape index (κ3) is 3.99. The Morgan fingerprint density at radius 1 is 1.16 bits per heavy atom. The van der Waals surface area contributed by atoms with Gasteiger partial charge in [-0.25, -0.2) is 4.79 Å². The number of hydrogen-bond donors (Lipinski definition) is 3. The van der Waals surface area contributed by atoms with Crippen molar-refractivity contribution < 1.29 is 9.90 Å². The van der Waals surface area contributed by atoms with Crippen molar-refractivity contribution in [1.29, 1.82) is 0 Å². The van der Waals surface area contributed by atoms with Crippen molar-refractivity contribution >= 4 is 23.0 Å². The number of aromatic nitrogens is 1. The predicted octanol–water partition coefficient (Wildman–Crippen LogP) is 4.68. The van der Waals surface area contributed by atoms with Gasteiger partial charge >= 0.3 is 5.97 Å². The molecule has 0 amide bonds. The molecule has 0 radical (unpaired) electrons. The fourth-order valence-corrected chi connectivity index (χ4v) is 4.29. The zero-order valence-corrected chi connectivity index (χ0v) is 17.5. The smallest absolute Gasteiger partial charge is 0.337 e. The number of benzene rings is 2. The molecule has 1 atom stereocenters. The molecule has 31 heavy (non-hydrogen) atoms. The van der Waals surface area contributed by atoms with Gasteiger partial charge in [0.05, 0.1) is 23.5 Å². The van der Waals surface area contributed by atoms with Crippen molar-refractivity contribution in [3.8, 4) is 0 Å². The third-order valence-electron chi connectivity index (χ3n) is 6.31. The molecular formula is C25H26N4O2. The van der Waals surface area contributed by atoms with Crippen LogP contribution in [-0.4, -0.2) is 29.7 Å². The minimum atomic E-state index is -0.956. The largest absolute Gasteiger partial charge is 0.478 e. The van der Waals surface area contributed by atoms with Gasteiger partial charge in [-0.15, -0.1) is 0 Å². The molecule has 1 aliphatic carbocycles. The van der Waals surface area contributed by atoms with Gasteiger partial charge in [-0.3, -0.25) is 4.98 Å². The van der Waals surface area contributed by atoms with Gasteiger partial charge in [0.25, 0.3) is 0 Å². The fraction of sp³-hybridized carbons (Fsp3) is 0.280. The number of nitrogens with one attached hydrogen (secondary N) is 2. The third-order valence-corrected chi connectivity index (χ3v) is 6.31. The predicted molar refractivity (Wildman–Crippen MR) is 122 cm³/mol. The average molecular weight is 415 g/mol. The lowest BCUT2D eigenvalue weighted by Crippen LogP contribution is -2.22. The first-order chi connectivity index (χ1) is 15.1. The van der Waals surface area contributed by atoms with Crippen molar-refractivity contribution in [3.05, 3.63) is 83.2 Å². The quantitative estimate of drug-likeness (QED) is 0.521. The van der Waals surface area contributed by atoms with E-state index in [1.54, 1.807) is 6.20 Å². The van der Waals surface area contributed by atoms with E-state index >= 15 is 0 Å². The molecule has 0 saturated heterocycles. The molecule has 2 aliphatic rings. The van der Waals surface area contributed by atoms with Crippen LogP contribution in [0.15, 0.2) is 60.9 Å². The summed E-state index contributed by atoms with van der Waals surface area (Å²) in [7, 11) is 2.10. The Morgan fingerprint density at radius 2 is 1.94 bits per heavy atom. The number of aromatic carboxylic acids is 1. The maximum absolute atomic E-state index is 11.4. The van der Waals surface area contributed by atoms with E-state index < -0.39 is 5.97 Å². The van der Waals surface area contributed by atoms with Crippen LogP contribution in [0.1, 0.15) is 51.8 Å². The first kappa shape index (κ1) is 19.6. The van der Waals surface area contributed by atoms with Gasteiger partial charge in [-0.2, -0.15) is 0 Å². The minimum absolute atomic E-state index is 0.119. The monoisotopic (exact) mass is 414 g/mol. The van der Waals surface area contributed by atoms with Crippen LogP contribution in [0, 0.1) is 0 Å². The van der Waals surface area contributed by atoms with Gasteiger partial charge in [0.1, 0.15) is 0 Å². The number of nitrogens with zero attached hydrogens (tertiary/aromatic N) is 2. The summed E-state index contributed by atoms with van der Waals surface area (Å²) in [5, 5.41) is 16.1. The Bertz CT molecular complexity index is 1110. The molecule has 3 N–H and O–H groups in total. The highest BCUT2D eigenvalue weighted by Crippen LogP contribution is 2.41. The average Bonchev–Trinajstić information content (AvgIpc) is 3.57. The second kappa shape index (κ2) is 8.04. The van der Waals surface area contributed by atoms with Gasteiger partial charge in [-0.05, 0) is 65.8 Å². The summed E-state index contributed by atoms with van der Waals surface area (Å²) in [4.78, 5) is 17.7. The molecule has 2 aromatic carbocycles. The lowest BCUT2D eigenvalue weighted by Gasteiger charge is -2.21.